The summed E-state index contributed by atoms with van der Waals surface area (Å²) in [5.41, 5.74) is 2.56. The Morgan fingerprint density at radius 3 is 2.43 bits per heavy atom. The summed E-state index contributed by atoms with van der Waals surface area (Å²) >= 11 is 5.86. The Morgan fingerprint density at radius 2 is 1.77 bits per heavy atom. The standard InChI is InChI=1S/C22H25ClN4O3/c1-16(21(28)24-15-17-7-9-18(23)10-8-17)30-26-20-11-13-27(14-12-20)22(29)25-19-5-3-2-4-6-19/h2-10,16H,11-15H2,1H3,(H,24,28)(H,25,29). The minimum Gasteiger partial charge on any atom is -0.383 e. The van der Waals surface area contributed by atoms with E-state index in [9.17, 15) is 9.59 Å². The molecule has 0 bridgehead atoms. The van der Waals surface area contributed by atoms with Gasteiger partial charge in [-0.15, -0.1) is 0 Å². The summed E-state index contributed by atoms with van der Waals surface area (Å²) in [5, 5.41) is 10.5. The Bertz CT molecular complexity index is 877. The van der Waals surface area contributed by atoms with E-state index in [0.29, 0.717) is 37.5 Å². The molecule has 1 unspecified atom stereocenters. The Labute approximate surface area is 181 Å². The maximum Gasteiger partial charge on any atom is 0.321 e. The maximum absolute atomic E-state index is 12.3. The fraction of sp³-hybridized carbons (Fsp3) is 0.318. The van der Waals surface area contributed by atoms with Crippen molar-refractivity contribution in [3.8, 4) is 0 Å². The van der Waals surface area contributed by atoms with Crippen LogP contribution in [-0.4, -0.2) is 41.7 Å². The van der Waals surface area contributed by atoms with Gasteiger partial charge in [0.15, 0.2) is 0 Å². The highest BCUT2D eigenvalue weighted by atomic mass is 35.5. The van der Waals surface area contributed by atoms with Gasteiger partial charge < -0.3 is 20.4 Å². The Hall–Kier alpha value is -3.06. The number of anilines is 1. The van der Waals surface area contributed by atoms with E-state index in [-0.39, 0.29) is 11.9 Å². The second kappa shape index (κ2) is 10.6. The van der Waals surface area contributed by atoms with Crippen molar-refractivity contribution in [2.24, 2.45) is 5.16 Å². The lowest BCUT2D eigenvalue weighted by Gasteiger charge is -2.27. The fourth-order valence-electron chi connectivity index (χ4n) is 2.92. The SMILES string of the molecule is CC(ON=C1CCN(C(=O)Nc2ccccc2)CC1)C(=O)NCc1ccc(Cl)cc1. The molecule has 0 spiro atoms. The number of carbonyl (C=O) groups excluding carboxylic acids is 2. The molecule has 8 heteroatoms. The number of carbonyl (C=O) groups is 2. The first-order valence-corrected chi connectivity index (χ1v) is 10.2. The number of hydrogen-bond donors (Lipinski definition) is 2. The molecular formula is C22H25ClN4O3. The molecule has 1 aliphatic heterocycles. The number of para-hydroxylation sites is 1. The van der Waals surface area contributed by atoms with Crippen LogP contribution in [0.4, 0.5) is 10.5 Å². The number of urea groups is 1. The van der Waals surface area contributed by atoms with Gasteiger partial charge in [-0.25, -0.2) is 4.79 Å². The van der Waals surface area contributed by atoms with Crippen LogP contribution in [-0.2, 0) is 16.2 Å². The Kier molecular flexibility index (Phi) is 7.68. The molecule has 158 valence electrons. The third-order valence-corrected chi connectivity index (χ3v) is 4.99. The highest BCUT2D eigenvalue weighted by molar-refractivity contribution is 6.30. The van der Waals surface area contributed by atoms with Crippen LogP contribution in [0.5, 0.6) is 0 Å². The van der Waals surface area contributed by atoms with E-state index in [1.54, 1.807) is 24.0 Å². The van der Waals surface area contributed by atoms with E-state index in [2.05, 4.69) is 15.8 Å². The van der Waals surface area contributed by atoms with Crippen molar-refractivity contribution < 1.29 is 14.4 Å². The number of hydrogen-bond acceptors (Lipinski definition) is 4. The monoisotopic (exact) mass is 428 g/mol. The number of amides is 3. The van der Waals surface area contributed by atoms with Crippen molar-refractivity contribution >= 4 is 34.9 Å². The minimum absolute atomic E-state index is 0.129. The largest absolute Gasteiger partial charge is 0.383 e. The third kappa shape index (κ3) is 6.49. The van der Waals surface area contributed by atoms with Crippen LogP contribution in [0, 0.1) is 0 Å². The van der Waals surface area contributed by atoms with Gasteiger partial charge >= 0.3 is 6.03 Å². The third-order valence-electron chi connectivity index (χ3n) is 4.74. The number of nitrogens with one attached hydrogen (secondary N) is 2. The van der Waals surface area contributed by atoms with Crippen molar-refractivity contribution in [1.82, 2.24) is 10.2 Å². The summed E-state index contributed by atoms with van der Waals surface area (Å²) in [6.45, 7) is 3.16. The van der Waals surface area contributed by atoms with Gasteiger partial charge in [0.05, 0.1) is 5.71 Å². The Morgan fingerprint density at radius 1 is 1.10 bits per heavy atom. The molecule has 3 amide bonds. The molecule has 1 atom stereocenters. The van der Waals surface area contributed by atoms with E-state index in [1.165, 1.54) is 0 Å². The number of benzene rings is 2. The van der Waals surface area contributed by atoms with Gasteiger partial charge in [-0.2, -0.15) is 0 Å². The van der Waals surface area contributed by atoms with Crippen LogP contribution in [0.1, 0.15) is 25.3 Å². The first-order chi connectivity index (χ1) is 14.5. The number of halogens is 1. The van der Waals surface area contributed by atoms with Gasteiger partial charge in [-0.3, -0.25) is 4.79 Å². The predicted molar refractivity (Wildman–Crippen MR) is 118 cm³/mol. The van der Waals surface area contributed by atoms with Crippen molar-refractivity contribution in [3.05, 3.63) is 65.2 Å². The highest BCUT2D eigenvalue weighted by Gasteiger charge is 2.21. The number of piperidine rings is 1. The maximum atomic E-state index is 12.3. The molecular weight excluding hydrogens is 404 g/mol. The van der Waals surface area contributed by atoms with Crippen LogP contribution in [0.15, 0.2) is 59.8 Å². The lowest BCUT2D eigenvalue weighted by molar-refractivity contribution is -0.131. The number of likely N-dealkylation sites (tertiary alicyclic amines) is 1. The molecule has 0 saturated carbocycles. The number of rotatable bonds is 6. The summed E-state index contributed by atoms with van der Waals surface area (Å²) < 4.78 is 0. The zero-order chi connectivity index (χ0) is 21.3. The fourth-order valence-corrected chi connectivity index (χ4v) is 3.05. The number of nitrogens with zero attached hydrogens (tertiary/aromatic N) is 2. The molecule has 2 N–H and O–H groups in total. The molecule has 0 aromatic heterocycles. The quantitative estimate of drug-likeness (QED) is 0.681. The molecule has 1 aliphatic rings. The molecule has 7 nitrogen and oxygen atoms in total. The predicted octanol–water partition coefficient (Wildman–Crippen LogP) is 4.05. The summed E-state index contributed by atoms with van der Waals surface area (Å²) in [5.74, 6) is -0.242. The summed E-state index contributed by atoms with van der Waals surface area (Å²) in [7, 11) is 0. The van der Waals surface area contributed by atoms with Crippen molar-refractivity contribution in [3.63, 3.8) is 0 Å². The minimum atomic E-state index is -0.704. The number of oxime groups is 1. The molecule has 1 saturated heterocycles. The van der Waals surface area contributed by atoms with E-state index in [0.717, 1.165) is 17.0 Å². The van der Waals surface area contributed by atoms with Crippen molar-refractivity contribution in [1.29, 1.82) is 0 Å². The van der Waals surface area contributed by atoms with Crippen molar-refractivity contribution in [2.75, 3.05) is 18.4 Å². The average Bonchev–Trinajstić information content (AvgIpc) is 2.78. The van der Waals surface area contributed by atoms with Gasteiger partial charge in [0, 0.05) is 43.2 Å². The van der Waals surface area contributed by atoms with Gasteiger partial charge in [0.2, 0.25) is 6.10 Å². The summed E-state index contributed by atoms with van der Waals surface area (Å²) in [6.07, 6.45) is 0.520. The van der Waals surface area contributed by atoms with Gasteiger partial charge in [-0.05, 0) is 36.8 Å². The van der Waals surface area contributed by atoms with Crippen LogP contribution in [0.25, 0.3) is 0 Å². The van der Waals surface area contributed by atoms with E-state index in [1.807, 2.05) is 42.5 Å². The zero-order valence-electron chi connectivity index (χ0n) is 16.8. The van der Waals surface area contributed by atoms with Crippen LogP contribution >= 0.6 is 11.6 Å². The molecule has 1 heterocycles. The molecule has 2 aromatic rings. The van der Waals surface area contributed by atoms with Gasteiger partial charge in [0.25, 0.3) is 5.91 Å². The van der Waals surface area contributed by atoms with Crippen LogP contribution in [0.3, 0.4) is 0 Å². The lowest BCUT2D eigenvalue weighted by Crippen LogP contribution is -2.41. The van der Waals surface area contributed by atoms with E-state index in [4.69, 9.17) is 16.4 Å². The second-order valence-corrected chi connectivity index (χ2v) is 7.47. The lowest BCUT2D eigenvalue weighted by atomic mass is 10.1. The van der Waals surface area contributed by atoms with E-state index < -0.39 is 6.10 Å². The van der Waals surface area contributed by atoms with Gasteiger partial charge in [0.1, 0.15) is 0 Å². The molecule has 30 heavy (non-hydrogen) atoms. The smallest absolute Gasteiger partial charge is 0.321 e. The summed E-state index contributed by atoms with van der Waals surface area (Å²) in [4.78, 5) is 31.6. The average molecular weight is 429 g/mol. The molecule has 0 radical (unpaired) electrons. The molecule has 1 fully saturated rings. The zero-order valence-corrected chi connectivity index (χ0v) is 17.6. The first kappa shape index (κ1) is 21.6. The first-order valence-electron chi connectivity index (χ1n) is 9.86. The Balaban J connectivity index is 1.39. The van der Waals surface area contributed by atoms with Crippen LogP contribution < -0.4 is 10.6 Å². The highest BCUT2D eigenvalue weighted by Crippen LogP contribution is 2.12. The van der Waals surface area contributed by atoms with Gasteiger partial charge in [-0.1, -0.05) is 47.1 Å². The normalized spacial score (nSPS) is 14.6. The molecule has 0 aliphatic carbocycles. The molecule has 3 rings (SSSR count). The summed E-state index contributed by atoms with van der Waals surface area (Å²) in [6, 6.07) is 16.5. The van der Waals surface area contributed by atoms with Crippen LogP contribution in [0.2, 0.25) is 5.02 Å². The topological polar surface area (TPSA) is 83.0 Å². The second-order valence-electron chi connectivity index (χ2n) is 7.03. The van der Waals surface area contributed by atoms with E-state index >= 15 is 0 Å². The van der Waals surface area contributed by atoms with Crippen molar-refractivity contribution in [2.45, 2.75) is 32.4 Å². The molecule has 2 aromatic carbocycles.